The summed E-state index contributed by atoms with van der Waals surface area (Å²) in [6.45, 7) is 2.50. The van der Waals surface area contributed by atoms with Crippen LogP contribution in [0.15, 0.2) is 4.99 Å². The Morgan fingerprint density at radius 2 is 2.31 bits per heavy atom. The Kier molecular flexibility index (Phi) is 3.30. The molecular formula is C8H16N2O2S. The normalized spacial score (nSPS) is 27.8. The van der Waals surface area contributed by atoms with E-state index in [4.69, 9.17) is 5.73 Å². The van der Waals surface area contributed by atoms with E-state index in [0.717, 1.165) is 12.8 Å². The molecule has 0 aromatic heterocycles. The van der Waals surface area contributed by atoms with Crippen molar-refractivity contribution in [1.82, 2.24) is 0 Å². The van der Waals surface area contributed by atoms with Gasteiger partial charge in [0, 0.05) is 13.0 Å². The van der Waals surface area contributed by atoms with Gasteiger partial charge in [-0.1, -0.05) is 6.92 Å². The van der Waals surface area contributed by atoms with Gasteiger partial charge in [-0.25, -0.2) is 8.42 Å². The second kappa shape index (κ2) is 4.09. The van der Waals surface area contributed by atoms with Crippen LogP contribution in [0.5, 0.6) is 0 Å². The highest BCUT2D eigenvalue weighted by molar-refractivity contribution is 7.91. The van der Waals surface area contributed by atoms with Crippen molar-refractivity contribution < 1.29 is 8.42 Å². The number of nitrogens with two attached hydrogens (primary N) is 1. The summed E-state index contributed by atoms with van der Waals surface area (Å²) in [5, 5.41) is 0. The minimum Gasteiger partial charge on any atom is -0.387 e. The first-order chi connectivity index (χ1) is 6.03. The number of hydrogen-bond acceptors (Lipinski definition) is 3. The fourth-order valence-electron chi connectivity index (χ4n) is 1.37. The molecule has 1 heterocycles. The highest BCUT2D eigenvalue weighted by Gasteiger charge is 2.27. The Morgan fingerprint density at radius 3 is 2.77 bits per heavy atom. The lowest BCUT2D eigenvalue weighted by Gasteiger charge is -2.02. The van der Waals surface area contributed by atoms with Gasteiger partial charge in [0.05, 0.1) is 17.3 Å². The fourth-order valence-corrected chi connectivity index (χ4v) is 3.22. The molecule has 1 rings (SSSR count). The Balaban J connectivity index is 2.41. The zero-order valence-electron chi connectivity index (χ0n) is 7.86. The van der Waals surface area contributed by atoms with Crippen molar-refractivity contribution >= 4 is 15.7 Å². The van der Waals surface area contributed by atoms with Crippen molar-refractivity contribution in [2.45, 2.75) is 19.8 Å². The van der Waals surface area contributed by atoms with Crippen molar-refractivity contribution in [2.75, 3.05) is 18.1 Å². The number of sulfone groups is 1. The molecule has 1 unspecified atom stereocenters. The summed E-state index contributed by atoms with van der Waals surface area (Å²) in [4.78, 5) is 4.12. The van der Waals surface area contributed by atoms with Crippen LogP contribution in [0.3, 0.4) is 0 Å². The summed E-state index contributed by atoms with van der Waals surface area (Å²) in [6.07, 6.45) is 1.47. The Bertz CT molecular complexity index is 295. The molecule has 0 aromatic carbocycles. The van der Waals surface area contributed by atoms with Gasteiger partial charge in [-0.05, 0) is 12.3 Å². The van der Waals surface area contributed by atoms with Crippen molar-refractivity contribution in [1.29, 1.82) is 0 Å². The molecule has 1 atom stereocenters. The first kappa shape index (κ1) is 10.5. The van der Waals surface area contributed by atoms with E-state index in [1.165, 1.54) is 0 Å². The number of rotatable bonds is 3. The van der Waals surface area contributed by atoms with Crippen LogP contribution in [0.1, 0.15) is 19.8 Å². The molecule has 5 heteroatoms. The molecule has 0 aliphatic carbocycles. The molecule has 76 valence electrons. The van der Waals surface area contributed by atoms with E-state index >= 15 is 0 Å². The van der Waals surface area contributed by atoms with Gasteiger partial charge in [-0.15, -0.1) is 0 Å². The number of hydrogen-bond donors (Lipinski definition) is 1. The molecule has 1 aliphatic heterocycles. The zero-order chi connectivity index (χ0) is 9.90. The largest absolute Gasteiger partial charge is 0.387 e. The van der Waals surface area contributed by atoms with E-state index in [9.17, 15) is 8.42 Å². The lowest BCUT2D eigenvalue weighted by atomic mass is 10.1. The summed E-state index contributed by atoms with van der Waals surface area (Å²) in [5.74, 6) is 1.41. The van der Waals surface area contributed by atoms with Gasteiger partial charge in [0.1, 0.15) is 0 Å². The third-order valence-electron chi connectivity index (χ3n) is 2.24. The maximum Gasteiger partial charge on any atom is 0.150 e. The van der Waals surface area contributed by atoms with E-state index in [2.05, 4.69) is 4.99 Å². The third kappa shape index (κ3) is 3.34. The topological polar surface area (TPSA) is 72.5 Å². The molecule has 2 N–H and O–H groups in total. The van der Waals surface area contributed by atoms with E-state index in [-0.39, 0.29) is 11.7 Å². The van der Waals surface area contributed by atoms with Gasteiger partial charge in [0.2, 0.25) is 0 Å². The van der Waals surface area contributed by atoms with Gasteiger partial charge >= 0.3 is 0 Å². The first-order valence-electron chi connectivity index (χ1n) is 4.52. The molecule has 1 fully saturated rings. The van der Waals surface area contributed by atoms with Crippen LogP contribution in [0.2, 0.25) is 0 Å². The quantitative estimate of drug-likeness (QED) is 0.527. The molecule has 0 amide bonds. The second-order valence-electron chi connectivity index (χ2n) is 3.45. The average molecular weight is 204 g/mol. The van der Waals surface area contributed by atoms with Gasteiger partial charge in [-0.2, -0.15) is 0 Å². The molecule has 0 bridgehead atoms. The summed E-state index contributed by atoms with van der Waals surface area (Å²) in [5.41, 5.74) is 5.52. The molecule has 0 radical (unpaired) electrons. The van der Waals surface area contributed by atoms with E-state index in [1.807, 2.05) is 6.92 Å². The van der Waals surface area contributed by atoms with Crippen molar-refractivity contribution in [2.24, 2.45) is 16.6 Å². The summed E-state index contributed by atoms with van der Waals surface area (Å²) in [6, 6.07) is 0. The minimum absolute atomic E-state index is 0.190. The SMILES string of the molecule is CCC(N)=NCC1CCS(=O)(=O)C1. The van der Waals surface area contributed by atoms with Crippen LogP contribution in [0.4, 0.5) is 0 Å². The van der Waals surface area contributed by atoms with E-state index in [0.29, 0.717) is 18.1 Å². The van der Waals surface area contributed by atoms with E-state index in [1.54, 1.807) is 0 Å². The Labute approximate surface area is 79.1 Å². The van der Waals surface area contributed by atoms with Gasteiger partial charge in [0.25, 0.3) is 0 Å². The molecule has 0 spiro atoms. The van der Waals surface area contributed by atoms with Crippen LogP contribution >= 0.6 is 0 Å². The van der Waals surface area contributed by atoms with Crippen LogP contribution in [0, 0.1) is 5.92 Å². The molecule has 1 aliphatic rings. The number of nitrogens with zero attached hydrogens (tertiary/aromatic N) is 1. The van der Waals surface area contributed by atoms with Crippen molar-refractivity contribution in [3.8, 4) is 0 Å². The fraction of sp³-hybridized carbons (Fsp3) is 0.875. The minimum atomic E-state index is -2.76. The van der Waals surface area contributed by atoms with E-state index < -0.39 is 9.84 Å². The third-order valence-corrected chi connectivity index (χ3v) is 4.08. The molecule has 13 heavy (non-hydrogen) atoms. The monoisotopic (exact) mass is 204 g/mol. The summed E-state index contributed by atoms with van der Waals surface area (Å²) >= 11 is 0. The molecule has 0 aromatic rings. The first-order valence-corrected chi connectivity index (χ1v) is 6.35. The molecular weight excluding hydrogens is 188 g/mol. The number of amidine groups is 1. The van der Waals surface area contributed by atoms with Gasteiger partial charge in [-0.3, -0.25) is 4.99 Å². The smallest absolute Gasteiger partial charge is 0.150 e. The summed E-state index contributed by atoms with van der Waals surface area (Å²) < 4.78 is 22.2. The maximum absolute atomic E-state index is 11.1. The Hall–Kier alpha value is -0.580. The van der Waals surface area contributed by atoms with Crippen molar-refractivity contribution in [3.05, 3.63) is 0 Å². The van der Waals surface area contributed by atoms with Crippen LogP contribution in [-0.4, -0.2) is 32.3 Å². The maximum atomic E-state index is 11.1. The van der Waals surface area contributed by atoms with Crippen LogP contribution in [0.25, 0.3) is 0 Å². The zero-order valence-corrected chi connectivity index (χ0v) is 8.68. The van der Waals surface area contributed by atoms with Crippen LogP contribution < -0.4 is 5.73 Å². The van der Waals surface area contributed by atoms with Crippen molar-refractivity contribution in [3.63, 3.8) is 0 Å². The molecule has 0 saturated carbocycles. The Morgan fingerprint density at radius 1 is 1.62 bits per heavy atom. The lowest BCUT2D eigenvalue weighted by molar-refractivity contribution is 0.591. The second-order valence-corrected chi connectivity index (χ2v) is 5.68. The predicted octanol–water partition coefficient (Wildman–Crippen LogP) is 0.188. The highest BCUT2D eigenvalue weighted by atomic mass is 32.2. The average Bonchev–Trinajstić information content (AvgIpc) is 2.41. The van der Waals surface area contributed by atoms with Crippen LogP contribution in [-0.2, 0) is 9.84 Å². The van der Waals surface area contributed by atoms with Gasteiger partial charge in [0.15, 0.2) is 9.84 Å². The summed E-state index contributed by atoms with van der Waals surface area (Å²) in [7, 11) is -2.76. The molecule has 4 nitrogen and oxygen atoms in total. The standard InChI is InChI=1S/C8H16N2O2S/c1-2-8(9)10-5-7-3-4-13(11,12)6-7/h7H,2-6H2,1H3,(H2,9,10). The van der Waals surface area contributed by atoms with Gasteiger partial charge < -0.3 is 5.73 Å². The number of aliphatic imine (C=N–C) groups is 1. The predicted molar refractivity (Wildman–Crippen MR) is 53.5 cm³/mol. The highest BCUT2D eigenvalue weighted by Crippen LogP contribution is 2.18. The lowest BCUT2D eigenvalue weighted by Crippen LogP contribution is -2.14. The molecule has 1 saturated heterocycles.